The van der Waals surface area contributed by atoms with Crippen LogP contribution in [0.1, 0.15) is 27.8 Å². The zero-order chi connectivity index (χ0) is 28.9. The molecule has 10 heteroatoms. The molecule has 41 heavy (non-hydrogen) atoms. The van der Waals surface area contributed by atoms with E-state index in [1.54, 1.807) is 30.3 Å². The third kappa shape index (κ3) is 6.62. The van der Waals surface area contributed by atoms with E-state index < -0.39 is 11.3 Å². The van der Waals surface area contributed by atoms with E-state index in [0.717, 1.165) is 27.8 Å². The number of aromatic hydroxyl groups is 1. The van der Waals surface area contributed by atoms with Crippen LogP contribution < -0.4 is 14.5 Å². The summed E-state index contributed by atoms with van der Waals surface area (Å²) >= 11 is -1.85. The molecule has 0 spiro atoms. The van der Waals surface area contributed by atoms with Crippen LogP contribution in [0.2, 0.25) is 0 Å². The molecule has 5 rings (SSSR count). The predicted octanol–water partition coefficient (Wildman–Crippen LogP) is 6.87. The summed E-state index contributed by atoms with van der Waals surface area (Å²) in [4.78, 5) is 12.6. The molecule has 0 bridgehead atoms. The molecular weight excluding hydrogens is 538 g/mol. The van der Waals surface area contributed by atoms with Gasteiger partial charge in [0.2, 0.25) is 0 Å². The number of phenolic OH excluding ortho intramolecular Hbond substituents is 1. The lowest BCUT2D eigenvalue weighted by Gasteiger charge is -2.13. The standard InChI is InChI=1S/C31H29N5O4S/c1-20-9-10-26(18-23(20)17-24-15-21(2)22(3)16-30(24)37)35-41(39)40-28-13-11-25(12-14-28)33-34-29-19-32-36(31(29)38)27-7-5-4-6-8-27/h4-16,18-19,32,35,37H,17H2,1-3H3. The molecular formula is C31H29N5O4S. The quantitative estimate of drug-likeness (QED) is 0.168. The van der Waals surface area contributed by atoms with Gasteiger partial charge in [0.1, 0.15) is 11.5 Å². The number of hydrogen-bond donors (Lipinski definition) is 3. The van der Waals surface area contributed by atoms with Crippen molar-refractivity contribution in [1.29, 1.82) is 0 Å². The molecule has 9 nitrogen and oxygen atoms in total. The Hall–Kier alpha value is -4.96. The minimum absolute atomic E-state index is 0.171. The summed E-state index contributed by atoms with van der Waals surface area (Å²) in [5.41, 5.74) is 6.73. The molecule has 0 saturated heterocycles. The minimum atomic E-state index is -1.85. The Kier molecular flexibility index (Phi) is 8.11. The minimum Gasteiger partial charge on any atom is -0.508 e. The lowest BCUT2D eigenvalue weighted by Crippen LogP contribution is -2.13. The van der Waals surface area contributed by atoms with Crippen molar-refractivity contribution in [2.45, 2.75) is 27.2 Å². The van der Waals surface area contributed by atoms with Gasteiger partial charge in [0, 0.05) is 12.1 Å². The fraction of sp³-hybridized carbons (Fsp3) is 0.129. The highest BCUT2D eigenvalue weighted by Gasteiger charge is 2.11. The third-order valence-corrected chi connectivity index (χ3v) is 7.42. The maximum absolute atomic E-state index is 12.7. The maximum Gasteiger partial charge on any atom is 0.316 e. The van der Waals surface area contributed by atoms with Crippen LogP contribution in [0.5, 0.6) is 11.5 Å². The molecule has 0 saturated carbocycles. The van der Waals surface area contributed by atoms with Crippen LogP contribution in [0.3, 0.4) is 0 Å². The number of nitrogens with zero attached hydrogens (tertiary/aromatic N) is 3. The first-order valence-corrected chi connectivity index (χ1v) is 14.0. The van der Waals surface area contributed by atoms with E-state index in [-0.39, 0.29) is 17.0 Å². The predicted molar refractivity (Wildman–Crippen MR) is 161 cm³/mol. The highest BCUT2D eigenvalue weighted by atomic mass is 32.2. The number of aromatic amines is 1. The number of rotatable bonds is 9. The van der Waals surface area contributed by atoms with Crippen LogP contribution in [-0.4, -0.2) is 19.1 Å². The molecule has 1 atom stereocenters. The first-order chi connectivity index (χ1) is 19.8. The van der Waals surface area contributed by atoms with Crippen molar-refractivity contribution in [2.24, 2.45) is 10.2 Å². The monoisotopic (exact) mass is 567 g/mol. The van der Waals surface area contributed by atoms with E-state index >= 15 is 0 Å². The topological polar surface area (TPSA) is 121 Å². The number of aryl methyl sites for hydroxylation is 3. The zero-order valence-corrected chi connectivity index (χ0v) is 23.6. The SMILES string of the molecule is Cc1cc(O)c(Cc2cc(NS(=O)Oc3ccc(N=Nc4c[nH]n(-c5ccccc5)c4=O)cc3)ccc2C)cc1C. The Balaban J connectivity index is 1.21. The molecule has 4 aromatic carbocycles. The number of para-hydroxylation sites is 1. The Bertz CT molecular complexity index is 1790. The van der Waals surface area contributed by atoms with Gasteiger partial charge >= 0.3 is 11.3 Å². The number of aromatic nitrogens is 2. The molecule has 0 amide bonds. The van der Waals surface area contributed by atoms with Crippen molar-refractivity contribution in [3.63, 3.8) is 0 Å². The van der Waals surface area contributed by atoms with Crippen LogP contribution in [0.15, 0.2) is 106 Å². The van der Waals surface area contributed by atoms with Gasteiger partial charge in [-0.25, -0.2) is 4.68 Å². The lowest BCUT2D eigenvalue weighted by molar-refractivity contribution is 0.468. The van der Waals surface area contributed by atoms with Crippen molar-refractivity contribution in [1.82, 2.24) is 9.78 Å². The number of benzene rings is 4. The van der Waals surface area contributed by atoms with Gasteiger partial charge in [-0.3, -0.25) is 14.6 Å². The summed E-state index contributed by atoms with van der Waals surface area (Å²) in [5, 5.41) is 21.5. The highest BCUT2D eigenvalue weighted by Crippen LogP contribution is 2.27. The van der Waals surface area contributed by atoms with Crippen molar-refractivity contribution in [3.05, 3.63) is 129 Å². The van der Waals surface area contributed by atoms with Crippen molar-refractivity contribution >= 4 is 28.3 Å². The number of H-pyrrole nitrogens is 1. The Morgan fingerprint density at radius 3 is 2.37 bits per heavy atom. The van der Waals surface area contributed by atoms with Crippen LogP contribution >= 0.6 is 0 Å². The Morgan fingerprint density at radius 1 is 0.878 bits per heavy atom. The average molecular weight is 568 g/mol. The van der Waals surface area contributed by atoms with Gasteiger partial charge in [-0.2, -0.15) is 9.32 Å². The van der Waals surface area contributed by atoms with Crippen molar-refractivity contribution in [2.75, 3.05) is 4.72 Å². The largest absolute Gasteiger partial charge is 0.508 e. The van der Waals surface area contributed by atoms with Gasteiger partial charge in [-0.15, -0.1) is 5.11 Å². The summed E-state index contributed by atoms with van der Waals surface area (Å²) in [6.07, 6.45) is 2.03. The van der Waals surface area contributed by atoms with Gasteiger partial charge in [-0.05, 0) is 103 Å². The molecule has 1 heterocycles. The lowest BCUT2D eigenvalue weighted by atomic mass is 9.96. The number of nitrogens with one attached hydrogen (secondary N) is 2. The summed E-state index contributed by atoms with van der Waals surface area (Å²) < 4.78 is 22.5. The number of phenols is 1. The van der Waals surface area contributed by atoms with E-state index in [1.807, 2.05) is 75.4 Å². The average Bonchev–Trinajstić information content (AvgIpc) is 3.33. The fourth-order valence-corrected chi connectivity index (χ4v) is 4.87. The smallest absolute Gasteiger partial charge is 0.316 e. The highest BCUT2D eigenvalue weighted by molar-refractivity contribution is 7.81. The normalized spacial score (nSPS) is 12.0. The molecule has 1 aromatic heterocycles. The second-order valence-corrected chi connectivity index (χ2v) is 10.5. The van der Waals surface area contributed by atoms with Crippen LogP contribution in [0, 0.1) is 20.8 Å². The second-order valence-electron chi connectivity index (χ2n) is 9.63. The van der Waals surface area contributed by atoms with Crippen LogP contribution in [0.4, 0.5) is 17.1 Å². The van der Waals surface area contributed by atoms with Gasteiger partial charge in [-0.1, -0.05) is 30.3 Å². The van der Waals surface area contributed by atoms with E-state index in [2.05, 4.69) is 20.0 Å². The first-order valence-electron chi connectivity index (χ1n) is 12.9. The molecule has 0 fully saturated rings. The second kappa shape index (κ2) is 12.1. The van der Waals surface area contributed by atoms with E-state index in [1.165, 1.54) is 10.9 Å². The first kappa shape index (κ1) is 27.6. The van der Waals surface area contributed by atoms with Gasteiger partial charge in [0.15, 0.2) is 5.69 Å². The number of anilines is 1. The van der Waals surface area contributed by atoms with Crippen LogP contribution in [-0.2, 0) is 17.7 Å². The zero-order valence-electron chi connectivity index (χ0n) is 22.8. The van der Waals surface area contributed by atoms with E-state index in [0.29, 0.717) is 29.2 Å². The summed E-state index contributed by atoms with van der Waals surface area (Å²) in [7, 11) is 0. The maximum atomic E-state index is 12.7. The molecule has 0 aliphatic rings. The Morgan fingerprint density at radius 2 is 1.61 bits per heavy atom. The number of azo groups is 1. The van der Waals surface area contributed by atoms with Gasteiger partial charge in [0.25, 0.3) is 5.56 Å². The fourth-order valence-electron chi connectivity index (χ4n) is 4.22. The van der Waals surface area contributed by atoms with Crippen molar-refractivity contribution in [3.8, 4) is 17.2 Å². The van der Waals surface area contributed by atoms with E-state index in [9.17, 15) is 14.1 Å². The summed E-state index contributed by atoms with van der Waals surface area (Å²) in [6, 6.07) is 25.2. The summed E-state index contributed by atoms with van der Waals surface area (Å²) in [6.45, 7) is 5.98. The molecule has 208 valence electrons. The number of hydrogen-bond acceptors (Lipinski definition) is 6. The van der Waals surface area contributed by atoms with Crippen molar-refractivity contribution < 1.29 is 13.5 Å². The molecule has 0 aliphatic carbocycles. The molecule has 1 unspecified atom stereocenters. The van der Waals surface area contributed by atoms with Gasteiger partial charge < -0.3 is 9.29 Å². The summed E-state index contributed by atoms with van der Waals surface area (Å²) in [5.74, 6) is 0.633. The molecule has 3 N–H and O–H groups in total. The third-order valence-electron chi connectivity index (χ3n) is 6.68. The molecule has 0 radical (unpaired) electrons. The Labute approximate surface area is 240 Å². The molecule has 0 aliphatic heterocycles. The molecule has 5 aromatic rings. The van der Waals surface area contributed by atoms with Gasteiger partial charge in [0.05, 0.1) is 17.6 Å². The van der Waals surface area contributed by atoms with Crippen LogP contribution in [0.25, 0.3) is 5.69 Å². The van der Waals surface area contributed by atoms with E-state index in [4.69, 9.17) is 4.18 Å².